The first kappa shape index (κ1) is 16.3. The van der Waals surface area contributed by atoms with Gasteiger partial charge in [0, 0.05) is 16.8 Å². The van der Waals surface area contributed by atoms with Crippen molar-refractivity contribution < 1.29 is 19.4 Å². The zero-order valence-electron chi connectivity index (χ0n) is 11.1. The van der Waals surface area contributed by atoms with Gasteiger partial charge in [-0.25, -0.2) is 4.79 Å². The maximum absolute atomic E-state index is 12.2. The summed E-state index contributed by atoms with van der Waals surface area (Å²) < 4.78 is 5.36. The van der Waals surface area contributed by atoms with E-state index in [1.165, 1.54) is 22.7 Å². The van der Waals surface area contributed by atoms with Crippen LogP contribution in [0.4, 0.5) is 0 Å². The first-order valence-corrected chi connectivity index (χ1v) is 7.94. The third kappa shape index (κ3) is 3.75. The molecule has 8 heteroatoms. The van der Waals surface area contributed by atoms with E-state index in [1.54, 1.807) is 19.1 Å². The number of aliphatic carboxylic acids is 1. The molecule has 1 N–H and O–H groups in total. The number of hydrogen-bond donors (Lipinski definition) is 1. The predicted octanol–water partition coefficient (Wildman–Crippen LogP) is 2.75. The lowest BCUT2D eigenvalue weighted by atomic mass is 10.3. The normalized spacial score (nSPS) is 21.4. The molecule has 0 saturated carbocycles. The van der Waals surface area contributed by atoms with Crippen molar-refractivity contribution in [3.05, 3.63) is 28.2 Å². The molecule has 1 aromatic carbocycles. The van der Waals surface area contributed by atoms with Crippen LogP contribution in [-0.2, 0) is 9.59 Å². The second-order valence-electron chi connectivity index (χ2n) is 4.45. The molecular formula is C13H13Cl2NO4S. The van der Waals surface area contributed by atoms with Gasteiger partial charge in [0.2, 0.25) is 0 Å². The summed E-state index contributed by atoms with van der Waals surface area (Å²) in [5, 5.41) is 9.71. The van der Waals surface area contributed by atoms with Crippen molar-refractivity contribution in [3.8, 4) is 5.75 Å². The van der Waals surface area contributed by atoms with Crippen LogP contribution in [0.1, 0.15) is 6.92 Å². The molecule has 0 aliphatic carbocycles. The lowest BCUT2D eigenvalue weighted by molar-refractivity contribution is -0.149. The van der Waals surface area contributed by atoms with E-state index >= 15 is 0 Å². The molecule has 1 aromatic rings. The highest BCUT2D eigenvalue weighted by atomic mass is 35.5. The highest BCUT2D eigenvalue weighted by molar-refractivity contribution is 8.00. The number of hydrogen-bond acceptors (Lipinski definition) is 4. The van der Waals surface area contributed by atoms with Crippen molar-refractivity contribution in [3.63, 3.8) is 0 Å². The van der Waals surface area contributed by atoms with Crippen LogP contribution in [0.5, 0.6) is 5.75 Å². The van der Waals surface area contributed by atoms with Crippen LogP contribution in [0.25, 0.3) is 0 Å². The molecule has 2 atom stereocenters. The summed E-state index contributed by atoms with van der Waals surface area (Å²) in [6, 6.07) is 3.86. The van der Waals surface area contributed by atoms with Crippen LogP contribution in [0, 0.1) is 0 Å². The molecule has 1 fully saturated rings. The molecule has 2 rings (SSSR count). The highest BCUT2D eigenvalue weighted by Gasteiger charge is 2.39. The van der Waals surface area contributed by atoms with Crippen molar-refractivity contribution in [1.29, 1.82) is 0 Å². The van der Waals surface area contributed by atoms with Gasteiger partial charge in [0.05, 0.1) is 10.4 Å². The van der Waals surface area contributed by atoms with Crippen molar-refractivity contribution in [1.82, 2.24) is 4.90 Å². The highest BCUT2D eigenvalue weighted by Crippen LogP contribution is 2.30. The number of ether oxygens (including phenoxy) is 1. The number of rotatable bonds is 4. The van der Waals surface area contributed by atoms with E-state index in [0.29, 0.717) is 21.5 Å². The Bertz CT molecular complexity index is 569. The van der Waals surface area contributed by atoms with Gasteiger partial charge < -0.3 is 14.7 Å². The number of carbonyl (C=O) groups is 2. The third-order valence-electron chi connectivity index (χ3n) is 3.04. The van der Waals surface area contributed by atoms with Gasteiger partial charge in [-0.1, -0.05) is 23.2 Å². The van der Waals surface area contributed by atoms with Crippen LogP contribution < -0.4 is 4.74 Å². The first-order chi connectivity index (χ1) is 9.90. The first-order valence-electron chi connectivity index (χ1n) is 6.13. The zero-order valence-corrected chi connectivity index (χ0v) is 13.4. The van der Waals surface area contributed by atoms with Crippen LogP contribution in [0.2, 0.25) is 10.0 Å². The van der Waals surface area contributed by atoms with Gasteiger partial charge in [0.15, 0.2) is 6.61 Å². The summed E-state index contributed by atoms with van der Waals surface area (Å²) >= 11 is 13.2. The van der Waals surface area contributed by atoms with Gasteiger partial charge in [-0.3, -0.25) is 4.79 Å². The second kappa shape index (κ2) is 6.77. The Hall–Kier alpha value is -1.11. The average Bonchev–Trinajstić information content (AvgIpc) is 2.81. The summed E-state index contributed by atoms with van der Waals surface area (Å²) in [6.07, 6.45) is 0. The number of amides is 1. The molecule has 0 radical (unpaired) electrons. The van der Waals surface area contributed by atoms with Crippen LogP contribution in [0.3, 0.4) is 0 Å². The molecule has 1 heterocycles. The van der Waals surface area contributed by atoms with Gasteiger partial charge in [-0.05, 0) is 19.1 Å². The Morgan fingerprint density at radius 2 is 2.19 bits per heavy atom. The lowest BCUT2D eigenvalue weighted by Gasteiger charge is -2.25. The minimum absolute atomic E-state index is 0.197. The number of halogens is 2. The van der Waals surface area contributed by atoms with E-state index in [-0.39, 0.29) is 12.0 Å². The van der Waals surface area contributed by atoms with E-state index in [2.05, 4.69) is 0 Å². The van der Waals surface area contributed by atoms with E-state index < -0.39 is 17.9 Å². The number of carbonyl (C=O) groups excluding carboxylic acids is 1. The lowest BCUT2D eigenvalue weighted by Crippen LogP contribution is -2.46. The van der Waals surface area contributed by atoms with E-state index in [4.69, 9.17) is 33.0 Å². The fourth-order valence-electron chi connectivity index (χ4n) is 2.01. The van der Waals surface area contributed by atoms with Crippen molar-refractivity contribution in [2.24, 2.45) is 0 Å². The van der Waals surface area contributed by atoms with Crippen LogP contribution in [0.15, 0.2) is 18.2 Å². The maximum atomic E-state index is 12.2. The summed E-state index contributed by atoms with van der Waals surface area (Å²) in [6.45, 7) is 1.51. The summed E-state index contributed by atoms with van der Waals surface area (Å²) in [5.41, 5.74) is 0. The van der Waals surface area contributed by atoms with Gasteiger partial charge in [0.1, 0.15) is 11.8 Å². The standard InChI is InChI=1S/C13H13Cl2NO4S/c1-7-16(10(6-21-7)13(18)19)12(17)5-20-11-4-8(14)2-3-9(11)15/h2-4,7,10H,5-6H2,1H3,(H,18,19). The van der Waals surface area contributed by atoms with Crippen molar-refractivity contribution in [2.75, 3.05) is 12.4 Å². The molecule has 2 unspecified atom stereocenters. The van der Waals surface area contributed by atoms with Gasteiger partial charge >= 0.3 is 5.97 Å². The Kier molecular flexibility index (Phi) is 5.24. The van der Waals surface area contributed by atoms with Crippen LogP contribution >= 0.6 is 35.0 Å². The number of carboxylic acids is 1. The smallest absolute Gasteiger partial charge is 0.327 e. The molecule has 114 valence electrons. The molecule has 1 aliphatic rings. The van der Waals surface area contributed by atoms with Gasteiger partial charge in [-0.15, -0.1) is 11.8 Å². The van der Waals surface area contributed by atoms with Crippen molar-refractivity contribution >= 4 is 46.8 Å². The molecule has 1 amide bonds. The molecule has 0 spiro atoms. The minimum atomic E-state index is -1.01. The average molecular weight is 350 g/mol. The molecule has 1 saturated heterocycles. The Labute approximate surface area is 136 Å². The summed E-state index contributed by atoms with van der Waals surface area (Å²) in [4.78, 5) is 24.7. The van der Waals surface area contributed by atoms with Gasteiger partial charge in [0.25, 0.3) is 5.91 Å². The molecule has 21 heavy (non-hydrogen) atoms. The minimum Gasteiger partial charge on any atom is -0.482 e. The topological polar surface area (TPSA) is 66.8 Å². The van der Waals surface area contributed by atoms with Gasteiger partial charge in [-0.2, -0.15) is 0 Å². The monoisotopic (exact) mass is 349 g/mol. The molecular weight excluding hydrogens is 337 g/mol. The summed E-state index contributed by atoms with van der Waals surface area (Å²) in [7, 11) is 0. The van der Waals surface area contributed by atoms with Crippen molar-refractivity contribution in [2.45, 2.75) is 18.3 Å². The van der Waals surface area contributed by atoms with E-state index in [1.807, 2.05) is 0 Å². The quantitative estimate of drug-likeness (QED) is 0.905. The Morgan fingerprint density at radius 3 is 2.86 bits per heavy atom. The number of nitrogens with zero attached hydrogens (tertiary/aromatic N) is 1. The SMILES string of the molecule is CC1SCC(C(=O)O)N1C(=O)COc1cc(Cl)ccc1Cl. The Balaban J connectivity index is 2.04. The van der Waals surface area contributed by atoms with E-state index in [0.717, 1.165) is 0 Å². The molecule has 0 aromatic heterocycles. The maximum Gasteiger partial charge on any atom is 0.327 e. The molecule has 5 nitrogen and oxygen atoms in total. The molecule has 1 aliphatic heterocycles. The van der Waals surface area contributed by atoms with E-state index in [9.17, 15) is 9.59 Å². The molecule has 0 bridgehead atoms. The second-order valence-corrected chi connectivity index (χ2v) is 6.64. The number of thioether (sulfide) groups is 1. The number of benzene rings is 1. The zero-order chi connectivity index (χ0) is 15.6. The fourth-order valence-corrected chi connectivity index (χ4v) is 3.54. The predicted molar refractivity (Wildman–Crippen MR) is 82.1 cm³/mol. The largest absolute Gasteiger partial charge is 0.482 e. The van der Waals surface area contributed by atoms with Crippen LogP contribution in [-0.4, -0.2) is 45.7 Å². The summed E-state index contributed by atoms with van der Waals surface area (Å²) in [5.74, 6) is -0.735. The number of carboxylic acid groups (broad SMARTS) is 1. The fraction of sp³-hybridized carbons (Fsp3) is 0.385. The third-order valence-corrected chi connectivity index (χ3v) is 4.81. The Morgan fingerprint density at radius 1 is 1.48 bits per heavy atom.